The third kappa shape index (κ3) is 1.95. The number of aromatic nitrogens is 2. The first kappa shape index (κ1) is 11.5. The molecule has 0 radical (unpaired) electrons. The van der Waals surface area contributed by atoms with Crippen molar-refractivity contribution in [3.63, 3.8) is 0 Å². The van der Waals surface area contributed by atoms with Crippen LogP contribution in [0.3, 0.4) is 0 Å². The normalized spacial score (nSPS) is 11.1. The van der Waals surface area contributed by atoms with Crippen LogP contribution in [-0.2, 0) is 0 Å². The fraction of sp³-hybridized carbons (Fsp3) is 0.250. The summed E-state index contributed by atoms with van der Waals surface area (Å²) < 4.78 is 1.96. The van der Waals surface area contributed by atoms with Gasteiger partial charge in [-0.3, -0.25) is 0 Å². The molecule has 2 nitrogen and oxygen atoms in total. The van der Waals surface area contributed by atoms with Gasteiger partial charge >= 0.3 is 0 Å². The van der Waals surface area contributed by atoms with Crippen molar-refractivity contribution in [1.82, 2.24) is 9.55 Å². The Morgan fingerprint density at radius 3 is 2.50 bits per heavy atom. The minimum atomic E-state index is 0.251. The second-order valence-corrected chi connectivity index (χ2v) is 4.64. The van der Waals surface area contributed by atoms with E-state index in [9.17, 15) is 0 Å². The summed E-state index contributed by atoms with van der Waals surface area (Å²) in [5, 5.41) is 1.32. The van der Waals surface area contributed by atoms with Gasteiger partial charge in [0.2, 0.25) is 0 Å². The summed E-state index contributed by atoms with van der Waals surface area (Å²) in [6, 6.07) is 7.88. The van der Waals surface area contributed by atoms with E-state index >= 15 is 0 Å². The molecule has 2 rings (SSSR count). The van der Waals surface area contributed by atoms with E-state index in [1.54, 1.807) is 6.20 Å². The average Bonchev–Trinajstić information content (AvgIpc) is 2.61. The molecule has 0 amide bonds. The van der Waals surface area contributed by atoms with E-state index < -0.39 is 0 Å². The Kier molecular flexibility index (Phi) is 3.22. The Labute approximate surface area is 105 Å². The maximum atomic E-state index is 6.15. The molecule has 2 aromatic rings. The first-order valence-electron chi connectivity index (χ1n) is 5.09. The highest BCUT2D eigenvalue weighted by Crippen LogP contribution is 2.30. The molecule has 0 unspecified atom stereocenters. The molecule has 1 aromatic heterocycles. The molecule has 1 aromatic carbocycles. The second-order valence-electron chi connectivity index (χ2n) is 3.85. The standard InChI is InChI=1S/C12H12Cl2N2/c1-8(2)16-11(14)7-15-12(16)9-5-3-4-6-10(9)13/h3-8H,1-2H3. The molecule has 0 aliphatic heterocycles. The predicted molar refractivity (Wildman–Crippen MR) is 68.1 cm³/mol. The molecule has 0 atom stereocenters. The maximum Gasteiger partial charge on any atom is 0.142 e. The van der Waals surface area contributed by atoms with Crippen LogP contribution >= 0.6 is 23.2 Å². The van der Waals surface area contributed by atoms with Gasteiger partial charge in [0.05, 0.1) is 11.2 Å². The molecule has 0 aliphatic carbocycles. The molecule has 1 heterocycles. The number of halogens is 2. The summed E-state index contributed by atoms with van der Waals surface area (Å²) in [7, 11) is 0. The summed E-state index contributed by atoms with van der Waals surface area (Å²) in [6.45, 7) is 4.13. The molecular weight excluding hydrogens is 243 g/mol. The van der Waals surface area contributed by atoms with E-state index in [1.165, 1.54) is 0 Å². The summed E-state index contributed by atoms with van der Waals surface area (Å²) >= 11 is 12.2. The van der Waals surface area contributed by atoms with Gasteiger partial charge in [0.25, 0.3) is 0 Å². The molecule has 84 valence electrons. The molecule has 0 saturated heterocycles. The van der Waals surface area contributed by atoms with Crippen LogP contribution in [0.1, 0.15) is 19.9 Å². The van der Waals surface area contributed by atoms with Gasteiger partial charge < -0.3 is 4.57 Å². The van der Waals surface area contributed by atoms with Crippen LogP contribution < -0.4 is 0 Å². The highest BCUT2D eigenvalue weighted by Gasteiger charge is 2.14. The van der Waals surface area contributed by atoms with Crippen LogP contribution in [0.4, 0.5) is 0 Å². The number of hydrogen-bond donors (Lipinski definition) is 0. The van der Waals surface area contributed by atoms with Crippen LogP contribution in [0.2, 0.25) is 10.2 Å². The van der Waals surface area contributed by atoms with E-state index in [2.05, 4.69) is 18.8 Å². The Morgan fingerprint density at radius 1 is 1.19 bits per heavy atom. The van der Waals surface area contributed by atoms with Crippen molar-refractivity contribution in [3.05, 3.63) is 40.6 Å². The summed E-state index contributed by atoms with van der Waals surface area (Å²) in [6.07, 6.45) is 1.65. The third-order valence-corrected chi connectivity index (χ3v) is 2.99. The quantitative estimate of drug-likeness (QED) is 0.775. The van der Waals surface area contributed by atoms with Crippen molar-refractivity contribution in [2.45, 2.75) is 19.9 Å². The third-order valence-electron chi connectivity index (χ3n) is 2.38. The fourth-order valence-corrected chi connectivity index (χ4v) is 2.22. The van der Waals surface area contributed by atoms with Gasteiger partial charge in [0, 0.05) is 11.6 Å². The molecular formula is C12H12Cl2N2. The van der Waals surface area contributed by atoms with Crippen molar-refractivity contribution < 1.29 is 0 Å². The largest absolute Gasteiger partial charge is 0.313 e. The summed E-state index contributed by atoms with van der Waals surface area (Å²) in [5.41, 5.74) is 0.907. The number of imidazole rings is 1. The van der Waals surface area contributed by atoms with E-state index in [-0.39, 0.29) is 6.04 Å². The van der Waals surface area contributed by atoms with E-state index in [1.807, 2.05) is 28.8 Å². The maximum absolute atomic E-state index is 6.15. The zero-order chi connectivity index (χ0) is 11.7. The van der Waals surface area contributed by atoms with E-state index in [0.29, 0.717) is 10.2 Å². The van der Waals surface area contributed by atoms with Crippen molar-refractivity contribution >= 4 is 23.2 Å². The molecule has 0 N–H and O–H groups in total. The van der Waals surface area contributed by atoms with Gasteiger partial charge in [-0.05, 0) is 26.0 Å². The number of nitrogens with zero attached hydrogens (tertiary/aromatic N) is 2. The van der Waals surface area contributed by atoms with Crippen molar-refractivity contribution in [2.75, 3.05) is 0 Å². The van der Waals surface area contributed by atoms with Crippen molar-refractivity contribution in [3.8, 4) is 11.4 Å². The van der Waals surface area contributed by atoms with Crippen LogP contribution in [-0.4, -0.2) is 9.55 Å². The summed E-state index contributed by atoms with van der Waals surface area (Å²) in [5.74, 6) is 0.811. The Morgan fingerprint density at radius 2 is 1.88 bits per heavy atom. The zero-order valence-electron chi connectivity index (χ0n) is 9.11. The summed E-state index contributed by atoms with van der Waals surface area (Å²) in [4.78, 5) is 4.31. The molecule has 0 saturated carbocycles. The lowest BCUT2D eigenvalue weighted by Crippen LogP contribution is -2.03. The zero-order valence-corrected chi connectivity index (χ0v) is 10.6. The first-order chi connectivity index (χ1) is 7.61. The molecule has 0 spiro atoms. The minimum absolute atomic E-state index is 0.251. The highest BCUT2D eigenvalue weighted by atomic mass is 35.5. The van der Waals surface area contributed by atoms with Crippen LogP contribution in [0.25, 0.3) is 11.4 Å². The molecule has 16 heavy (non-hydrogen) atoms. The number of hydrogen-bond acceptors (Lipinski definition) is 1. The molecule has 0 aliphatic rings. The Bertz CT molecular complexity index is 503. The molecule has 0 bridgehead atoms. The SMILES string of the molecule is CC(C)n1c(Cl)cnc1-c1ccccc1Cl. The minimum Gasteiger partial charge on any atom is -0.313 e. The lowest BCUT2D eigenvalue weighted by atomic mass is 10.2. The van der Waals surface area contributed by atoms with Crippen LogP contribution in [0.15, 0.2) is 30.5 Å². The van der Waals surface area contributed by atoms with Gasteiger partial charge in [0.15, 0.2) is 0 Å². The first-order valence-corrected chi connectivity index (χ1v) is 5.84. The van der Waals surface area contributed by atoms with E-state index in [4.69, 9.17) is 23.2 Å². The van der Waals surface area contributed by atoms with Crippen molar-refractivity contribution in [1.29, 1.82) is 0 Å². The fourth-order valence-electron chi connectivity index (χ4n) is 1.67. The lowest BCUT2D eigenvalue weighted by Gasteiger charge is -2.13. The smallest absolute Gasteiger partial charge is 0.142 e. The lowest BCUT2D eigenvalue weighted by molar-refractivity contribution is 0.607. The van der Waals surface area contributed by atoms with Gasteiger partial charge in [-0.25, -0.2) is 4.98 Å². The Balaban J connectivity index is 2.61. The van der Waals surface area contributed by atoms with Crippen LogP contribution in [0.5, 0.6) is 0 Å². The van der Waals surface area contributed by atoms with Gasteiger partial charge in [-0.1, -0.05) is 35.3 Å². The second kappa shape index (κ2) is 4.48. The number of benzene rings is 1. The molecule has 4 heteroatoms. The average molecular weight is 255 g/mol. The monoisotopic (exact) mass is 254 g/mol. The van der Waals surface area contributed by atoms with Gasteiger partial charge in [-0.15, -0.1) is 0 Å². The predicted octanol–water partition coefficient (Wildman–Crippen LogP) is 4.44. The van der Waals surface area contributed by atoms with E-state index in [0.717, 1.165) is 11.4 Å². The highest BCUT2D eigenvalue weighted by molar-refractivity contribution is 6.33. The number of rotatable bonds is 2. The Hall–Kier alpha value is -0.990. The van der Waals surface area contributed by atoms with Crippen LogP contribution in [0, 0.1) is 0 Å². The van der Waals surface area contributed by atoms with Gasteiger partial charge in [-0.2, -0.15) is 0 Å². The topological polar surface area (TPSA) is 17.8 Å². The van der Waals surface area contributed by atoms with Crippen molar-refractivity contribution in [2.24, 2.45) is 0 Å². The van der Waals surface area contributed by atoms with Gasteiger partial charge in [0.1, 0.15) is 11.0 Å². The molecule has 0 fully saturated rings.